The molecule has 0 bridgehead atoms. The van der Waals surface area contributed by atoms with Crippen LogP contribution in [0.5, 0.6) is 0 Å². The van der Waals surface area contributed by atoms with Crippen LogP contribution >= 0.6 is 22.7 Å². The van der Waals surface area contributed by atoms with Crippen molar-refractivity contribution in [2.45, 2.75) is 39.1 Å². The molecule has 0 amide bonds. The lowest BCUT2D eigenvalue weighted by molar-refractivity contribution is 0.171. The average molecular weight is 370 g/mol. The molecule has 2 N–H and O–H groups in total. The Bertz CT molecular complexity index is 984. The van der Waals surface area contributed by atoms with Gasteiger partial charge in [0.2, 0.25) is 0 Å². The number of fused-ring (bicyclic) bond motifs is 2. The second-order valence-corrected chi connectivity index (χ2v) is 7.70. The summed E-state index contributed by atoms with van der Waals surface area (Å²) in [7, 11) is 0. The van der Waals surface area contributed by atoms with Crippen molar-refractivity contribution in [2.24, 2.45) is 0 Å². The zero-order chi connectivity index (χ0) is 17.8. The smallest absolute Gasteiger partial charge is 0.272 e. The van der Waals surface area contributed by atoms with Gasteiger partial charge >= 0.3 is 0 Å². The number of aliphatic hydroxyl groups is 2. The minimum Gasteiger partial charge on any atom is -0.392 e. The average Bonchev–Trinajstić information content (AvgIpc) is 2.86. The van der Waals surface area contributed by atoms with Crippen LogP contribution in [0.4, 0.5) is 0 Å². The Morgan fingerprint density at radius 1 is 0.708 bits per heavy atom. The Kier molecular flexibility index (Phi) is 4.16. The Hall–Kier alpha value is -1.88. The largest absolute Gasteiger partial charge is 0.392 e. The zero-order valence-electron chi connectivity index (χ0n) is 12.8. The zero-order valence-corrected chi connectivity index (χ0v) is 14.4. The predicted octanol–water partition coefficient (Wildman–Crippen LogP) is -0.641. The summed E-state index contributed by atoms with van der Waals surface area (Å²) in [6, 6.07) is 0. The van der Waals surface area contributed by atoms with Crippen molar-refractivity contribution in [1.82, 2.24) is 9.13 Å². The van der Waals surface area contributed by atoms with E-state index in [1.54, 1.807) is 0 Å². The van der Waals surface area contributed by atoms with Crippen LogP contribution in [0.2, 0.25) is 0 Å². The molecule has 0 saturated heterocycles. The van der Waals surface area contributed by atoms with E-state index in [4.69, 9.17) is 0 Å². The highest BCUT2D eigenvalue weighted by Crippen LogP contribution is 2.25. The molecule has 24 heavy (non-hydrogen) atoms. The first kappa shape index (κ1) is 17.0. The third-order valence-electron chi connectivity index (χ3n) is 3.47. The molecule has 3 aromatic rings. The maximum atomic E-state index is 12.4. The van der Waals surface area contributed by atoms with Gasteiger partial charge in [0.05, 0.1) is 25.3 Å². The Morgan fingerprint density at radius 2 is 0.958 bits per heavy atom. The summed E-state index contributed by atoms with van der Waals surface area (Å²) < 4.78 is 2.24. The molecule has 0 aliphatic heterocycles. The minimum atomic E-state index is -0.876. The van der Waals surface area contributed by atoms with E-state index < -0.39 is 34.4 Å². The second kappa shape index (κ2) is 5.88. The predicted molar refractivity (Wildman–Crippen MR) is 92.8 cm³/mol. The molecular formula is C14H14N2O6S2. The van der Waals surface area contributed by atoms with Gasteiger partial charge in [-0.25, -0.2) is 0 Å². The summed E-state index contributed by atoms with van der Waals surface area (Å²) >= 11 is 1.62. The summed E-state index contributed by atoms with van der Waals surface area (Å²) in [5.41, 5.74) is -2.30. The van der Waals surface area contributed by atoms with Crippen LogP contribution < -0.4 is 22.2 Å². The first-order valence-corrected chi connectivity index (χ1v) is 8.78. The molecule has 0 fully saturated rings. The number of nitrogens with zero attached hydrogens (tertiary/aromatic N) is 2. The van der Waals surface area contributed by atoms with Gasteiger partial charge in [-0.3, -0.25) is 28.3 Å². The molecule has 2 unspecified atom stereocenters. The fraction of sp³-hybridized carbons (Fsp3) is 0.429. The highest BCUT2D eigenvalue weighted by molar-refractivity contribution is 7.36. The lowest BCUT2D eigenvalue weighted by Gasteiger charge is -2.02. The molecule has 10 heteroatoms. The molecule has 2 atom stereocenters. The number of aromatic nitrogens is 2. The quantitative estimate of drug-likeness (QED) is 0.631. The van der Waals surface area contributed by atoms with Gasteiger partial charge in [0.25, 0.3) is 22.2 Å². The van der Waals surface area contributed by atoms with Crippen LogP contribution in [0.1, 0.15) is 13.8 Å². The number of aliphatic hydroxyl groups excluding tert-OH is 2. The number of rotatable bonds is 4. The molecule has 128 valence electrons. The van der Waals surface area contributed by atoms with E-state index in [9.17, 15) is 29.4 Å². The van der Waals surface area contributed by atoms with Crippen LogP contribution in [0.15, 0.2) is 19.2 Å². The van der Waals surface area contributed by atoms with E-state index in [0.29, 0.717) is 0 Å². The van der Waals surface area contributed by atoms with Gasteiger partial charge in [-0.05, 0) is 13.8 Å². The molecule has 0 aliphatic rings. The van der Waals surface area contributed by atoms with Crippen molar-refractivity contribution >= 4 is 41.5 Å². The summed E-state index contributed by atoms with van der Waals surface area (Å²) in [6.07, 6.45) is -1.75. The fourth-order valence-electron chi connectivity index (χ4n) is 2.49. The van der Waals surface area contributed by atoms with Crippen molar-refractivity contribution in [2.75, 3.05) is 0 Å². The van der Waals surface area contributed by atoms with Crippen molar-refractivity contribution in [3.05, 3.63) is 41.4 Å². The lowest BCUT2D eigenvalue weighted by atomic mass is 10.4. The van der Waals surface area contributed by atoms with E-state index >= 15 is 0 Å². The maximum Gasteiger partial charge on any atom is 0.272 e. The third kappa shape index (κ3) is 2.51. The molecular weight excluding hydrogens is 356 g/mol. The van der Waals surface area contributed by atoms with Crippen LogP contribution in [0, 0.1) is 0 Å². The minimum absolute atomic E-state index is 0.101. The standard InChI is InChI=1S/C14H14N2O6S2/c1-5(17)3-15-11(19)7-8(12(15)20)24-10-9(23-7)13(21)16(14(10)22)4-6(2)18/h5-6,17-18H,3-4H2,1-2H3. The second-order valence-electron chi connectivity index (χ2n) is 5.66. The highest BCUT2D eigenvalue weighted by Gasteiger charge is 2.22. The molecule has 8 nitrogen and oxygen atoms in total. The van der Waals surface area contributed by atoms with Gasteiger partial charge in [-0.1, -0.05) is 0 Å². The van der Waals surface area contributed by atoms with Gasteiger partial charge in [-0.2, -0.15) is 0 Å². The van der Waals surface area contributed by atoms with Crippen molar-refractivity contribution < 1.29 is 10.2 Å². The van der Waals surface area contributed by atoms with Gasteiger partial charge in [0.1, 0.15) is 18.8 Å². The maximum absolute atomic E-state index is 12.4. The molecule has 0 radical (unpaired) electrons. The first-order valence-electron chi connectivity index (χ1n) is 7.15. The molecule has 0 aliphatic carbocycles. The molecule has 3 heterocycles. The Morgan fingerprint density at radius 3 is 1.17 bits per heavy atom. The number of hydrogen-bond acceptors (Lipinski definition) is 8. The SMILES string of the molecule is CC(O)Cn1c(=O)c2sc3c(=O)n(CC(C)O)c(=O)c3sc2c1=O. The van der Waals surface area contributed by atoms with Crippen LogP contribution in [-0.4, -0.2) is 31.6 Å². The van der Waals surface area contributed by atoms with Gasteiger partial charge < -0.3 is 10.2 Å². The number of hydrogen-bond donors (Lipinski definition) is 2. The Balaban J connectivity index is 2.38. The summed E-state index contributed by atoms with van der Waals surface area (Å²) in [5, 5.41) is 18.8. The summed E-state index contributed by atoms with van der Waals surface area (Å²) in [4.78, 5) is 49.4. The summed E-state index contributed by atoms with van der Waals surface area (Å²) in [5.74, 6) is 0. The Labute approximate surface area is 141 Å². The van der Waals surface area contributed by atoms with E-state index in [2.05, 4.69) is 0 Å². The van der Waals surface area contributed by atoms with E-state index in [1.165, 1.54) is 13.8 Å². The van der Waals surface area contributed by atoms with Crippen molar-refractivity contribution in [1.29, 1.82) is 0 Å². The van der Waals surface area contributed by atoms with Gasteiger partial charge in [0, 0.05) is 0 Å². The van der Waals surface area contributed by atoms with Crippen LogP contribution in [0.25, 0.3) is 18.8 Å². The fourth-order valence-corrected chi connectivity index (χ4v) is 4.91. The molecule has 3 rings (SSSR count). The monoisotopic (exact) mass is 370 g/mol. The highest BCUT2D eigenvalue weighted by atomic mass is 32.1. The van der Waals surface area contributed by atoms with Crippen LogP contribution in [-0.2, 0) is 13.1 Å². The van der Waals surface area contributed by atoms with Gasteiger partial charge in [-0.15, -0.1) is 22.7 Å². The van der Waals surface area contributed by atoms with E-state index in [-0.39, 0.29) is 31.9 Å². The summed E-state index contributed by atoms with van der Waals surface area (Å²) in [6.45, 7) is 2.62. The normalized spacial score (nSPS) is 14.5. The topological polar surface area (TPSA) is 119 Å². The molecule has 0 spiro atoms. The van der Waals surface area contributed by atoms with E-state index in [0.717, 1.165) is 31.8 Å². The lowest BCUT2D eigenvalue weighted by Crippen LogP contribution is -2.30. The van der Waals surface area contributed by atoms with E-state index in [1.807, 2.05) is 0 Å². The molecule has 0 aromatic carbocycles. The first-order chi connectivity index (χ1) is 11.2. The van der Waals surface area contributed by atoms with Crippen molar-refractivity contribution in [3.63, 3.8) is 0 Å². The van der Waals surface area contributed by atoms with Crippen LogP contribution in [0.3, 0.4) is 0 Å². The molecule has 3 aromatic heterocycles. The molecule has 0 saturated carbocycles. The third-order valence-corrected chi connectivity index (χ3v) is 6.06. The van der Waals surface area contributed by atoms with Crippen molar-refractivity contribution in [3.8, 4) is 0 Å². The van der Waals surface area contributed by atoms with Gasteiger partial charge in [0.15, 0.2) is 0 Å².